The number of hydrogen-bond acceptors (Lipinski definition) is 1. The lowest BCUT2D eigenvalue weighted by Gasteiger charge is -2.14. The lowest BCUT2D eigenvalue weighted by atomic mass is 9.91. The second-order valence-corrected chi connectivity index (χ2v) is 5.42. The van der Waals surface area contributed by atoms with Crippen molar-refractivity contribution in [1.29, 1.82) is 0 Å². The van der Waals surface area contributed by atoms with Crippen LogP contribution in [0.5, 0.6) is 0 Å². The van der Waals surface area contributed by atoms with Crippen LogP contribution in [0.3, 0.4) is 0 Å². The molecular weight excluding hydrogens is 325 g/mol. The number of Topliss-reactive ketones (excluding diaryl/α,β-unsaturated/α-hetero) is 1. The number of carbonyl (C=O) groups is 1. The predicted octanol–water partition coefficient (Wildman–Crippen LogP) is 4.66. The Morgan fingerprint density at radius 2 is 1.64 bits per heavy atom. The molecule has 0 N–H and O–H groups in total. The highest BCUT2D eigenvalue weighted by Crippen LogP contribution is 2.27. The van der Waals surface area contributed by atoms with E-state index in [0.29, 0.717) is 5.56 Å². The van der Waals surface area contributed by atoms with E-state index in [9.17, 15) is 18.0 Å². The van der Waals surface area contributed by atoms with Gasteiger partial charge in [-0.05, 0) is 42.0 Å². The van der Waals surface area contributed by atoms with E-state index in [1.54, 1.807) is 43.3 Å². The van der Waals surface area contributed by atoms with E-state index in [-0.39, 0.29) is 0 Å². The van der Waals surface area contributed by atoms with Crippen LogP contribution in [-0.4, -0.2) is 12.0 Å². The molecule has 0 aliphatic rings. The molecule has 0 heterocycles. The van der Waals surface area contributed by atoms with E-state index >= 15 is 0 Å². The molecule has 126 valence electrons. The number of rotatable bonds is 3. The van der Waals surface area contributed by atoms with Crippen molar-refractivity contribution < 1.29 is 18.0 Å². The SMILES string of the molecule is Cc1ccccc1C(C#CC#Cc1ccccc1)CC(=O)C(F)(F)F. The van der Waals surface area contributed by atoms with Crippen molar-refractivity contribution in [3.05, 3.63) is 71.3 Å². The number of hydrogen-bond donors (Lipinski definition) is 0. The minimum absolute atomic E-state index is 0.606. The fourth-order valence-corrected chi connectivity index (χ4v) is 2.27. The molecule has 0 spiro atoms. The highest BCUT2D eigenvalue weighted by atomic mass is 19.4. The highest BCUT2D eigenvalue weighted by molar-refractivity contribution is 5.85. The summed E-state index contributed by atoms with van der Waals surface area (Å²) in [7, 11) is 0. The monoisotopic (exact) mass is 340 g/mol. The lowest BCUT2D eigenvalue weighted by Crippen LogP contribution is -2.24. The first-order valence-corrected chi connectivity index (χ1v) is 7.60. The van der Waals surface area contributed by atoms with Gasteiger partial charge in [0.2, 0.25) is 5.78 Å². The molecule has 2 aromatic carbocycles. The maximum atomic E-state index is 12.6. The number of aryl methyl sites for hydroxylation is 1. The Morgan fingerprint density at radius 1 is 1.00 bits per heavy atom. The van der Waals surface area contributed by atoms with Gasteiger partial charge in [0.25, 0.3) is 0 Å². The van der Waals surface area contributed by atoms with Crippen molar-refractivity contribution in [2.45, 2.75) is 25.4 Å². The van der Waals surface area contributed by atoms with Crippen LogP contribution in [-0.2, 0) is 4.79 Å². The maximum absolute atomic E-state index is 12.6. The van der Waals surface area contributed by atoms with Gasteiger partial charge in [0.15, 0.2) is 0 Å². The Hall–Kier alpha value is -2.98. The van der Waals surface area contributed by atoms with Crippen LogP contribution < -0.4 is 0 Å². The van der Waals surface area contributed by atoms with Crippen LogP contribution in [0.15, 0.2) is 54.6 Å². The number of halogens is 3. The van der Waals surface area contributed by atoms with E-state index in [1.165, 1.54) is 0 Å². The minimum Gasteiger partial charge on any atom is -0.290 e. The van der Waals surface area contributed by atoms with Crippen molar-refractivity contribution in [2.75, 3.05) is 0 Å². The van der Waals surface area contributed by atoms with Crippen LogP contribution in [0.2, 0.25) is 0 Å². The van der Waals surface area contributed by atoms with Crippen LogP contribution >= 0.6 is 0 Å². The van der Waals surface area contributed by atoms with E-state index in [2.05, 4.69) is 23.7 Å². The molecule has 0 saturated carbocycles. The van der Waals surface area contributed by atoms with Gasteiger partial charge in [0.05, 0.1) is 5.92 Å². The molecule has 0 aliphatic heterocycles. The Kier molecular flexibility index (Phi) is 6.03. The summed E-state index contributed by atoms with van der Waals surface area (Å²) in [6.45, 7) is 1.78. The normalized spacial score (nSPS) is 11.5. The van der Waals surface area contributed by atoms with Gasteiger partial charge in [-0.1, -0.05) is 54.3 Å². The molecule has 0 saturated heterocycles. The van der Waals surface area contributed by atoms with Gasteiger partial charge in [-0.25, -0.2) is 0 Å². The van der Waals surface area contributed by atoms with Gasteiger partial charge < -0.3 is 0 Å². The molecule has 0 aliphatic carbocycles. The van der Waals surface area contributed by atoms with Gasteiger partial charge in [0.1, 0.15) is 0 Å². The molecule has 0 fully saturated rings. The summed E-state index contributed by atoms with van der Waals surface area (Å²) in [6.07, 6.45) is -5.58. The standard InChI is InChI=1S/C21H15F3O/c1-16-9-5-8-14-19(16)18(15-20(25)21(22,23)24)13-7-6-12-17-10-3-2-4-11-17/h2-5,8-11,14,18H,15H2,1H3. The third-order valence-corrected chi connectivity index (χ3v) is 3.56. The molecule has 25 heavy (non-hydrogen) atoms. The summed E-state index contributed by atoms with van der Waals surface area (Å²) >= 11 is 0. The fourth-order valence-electron chi connectivity index (χ4n) is 2.27. The third-order valence-electron chi connectivity index (χ3n) is 3.56. The van der Waals surface area contributed by atoms with Crippen molar-refractivity contribution >= 4 is 5.78 Å². The van der Waals surface area contributed by atoms with E-state index < -0.39 is 24.3 Å². The Balaban J connectivity index is 2.27. The molecule has 1 unspecified atom stereocenters. The van der Waals surface area contributed by atoms with Gasteiger partial charge in [-0.3, -0.25) is 4.79 Å². The Bertz CT molecular complexity index is 859. The quantitative estimate of drug-likeness (QED) is 0.743. The summed E-state index contributed by atoms with van der Waals surface area (Å²) in [4.78, 5) is 11.4. The average Bonchev–Trinajstić information content (AvgIpc) is 2.58. The van der Waals surface area contributed by atoms with Gasteiger partial charge in [-0.15, -0.1) is 0 Å². The van der Waals surface area contributed by atoms with Crippen LogP contribution in [0.25, 0.3) is 0 Å². The zero-order chi connectivity index (χ0) is 18.3. The number of ketones is 1. The summed E-state index contributed by atoms with van der Waals surface area (Å²) in [6, 6.07) is 16.1. The largest absolute Gasteiger partial charge is 0.450 e. The van der Waals surface area contributed by atoms with Crippen LogP contribution in [0, 0.1) is 30.6 Å². The molecular formula is C21H15F3O. The molecule has 0 radical (unpaired) electrons. The summed E-state index contributed by atoms with van der Waals surface area (Å²) in [5, 5.41) is 0. The van der Waals surface area contributed by atoms with Crippen molar-refractivity contribution in [3.8, 4) is 23.7 Å². The van der Waals surface area contributed by atoms with Gasteiger partial charge >= 0.3 is 6.18 Å². The molecule has 0 bridgehead atoms. The van der Waals surface area contributed by atoms with E-state index in [4.69, 9.17) is 0 Å². The summed E-state index contributed by atoms with van der Waals surface area (Å²) < 4.78 is 37.8. The topological polar surface area (TPSA) is 17.1 Å². The smallest absolute Gasteiger partial charge is 0.290 e. The number of alkyl halides is 3. The second-order valence-electron chi connectivity index (χ2n) is 5.42. The Morgan fingerprint density at radius 3 is 2.28 bits per heavy atom. The molecule has 1 nitrogen and oxygen atoms in total. The second kappa shape index (κ2) is 8.22. The average molecular weight is 340 g/mol. The first-order valence-electron chi connectivity index (χ1n) is 7.60. The molecule has 0 amide bonds. The first kappa shape index (κ1) is 18.4. The number of benzene rings is 2. The molecule has 4 heteroatoms. The number of carbonyl (C=O) groups excluding carboxylic acids is 1. The molecule has 0 aromatic heterocycles. The van der Waals surface area contributed by atoms with Gasteiger partial charge in [-0.2, -0.15) is 13.2 Å². The first-order chi connectivity index (χ1) is 11.9. The van der Waals surface area contributed by atoms with Crippen molar-refractivity contribution in [1.82, 2.24) is 0 Å². The van der Waals surface area contributed by atoms with E-state index in [0.717, 1.165) is 11.1 Å². The molecule has 2 aromatic rings. The van der Waals surface area contributed by atoms with Crippen molar-refractivity contribution in [3.63, 3.8) is 0 Å². The molecule has 1 atom stereocenters. The lowest BCUT2D eigenvalue weighted by molar-refractivity contribution is -0.171. The zero-order valence-electron chi connectivity index (χ0n) is 13.5. The van der Waals surface area contributed by atoms with Crippen LogP contribution in [0.1, 0.15) is 29.0 Å². The predicted molar refractivity (Wildman–Crippen MR) is 90.7 cm³/mol. The summed E-state index contributed by atoms with van der Waals surface area (Å²) in [5.74, 6) is 8.11. The van der Waals surface area contributed by atoms with E-state index in [1.807, 2.05) is 18.2 Å². The Labute approximate surface area is 144 Å². The minimum atomic E-state index is -4.86. The third kappa shape index (κ3) is 5.55. The fraction of sp³-hybridized carbons (Fsp3) is 0.190. The van der Waals surface area contributed by atoms with Crippen LogP contribution in [0.4, 0.5) is 13.2 Å². The summed E-state index contributed by atoms with van der Waals surface area (Å²) in [5.41, 5.74) is 2.15. The van der Waals surface area contributed by atoms with Crippen molar-refractivity contribution in [2.24, 2.45) is 0 Å². The zero-order valence-corrected chi connectivity index (χ0v) is 13.5. The maximum Gasteiger partial charge on any atom is 0.450 e. The highest BCUT2D eigenvalue weighted by Gasteiger charge is 2.39. The van der Waals surface area contributed by atoms with Gasteiger partial charge in [0, 0.05) is 12.0 Å². The molecule has 2 rings (SSSR count).